The number of benzene rings is 1. The van der Waals surface area contributed by atoms with Crippen LogP contribution in [0.2, 0.25) is 0 Å². The molecule has 0 aliphatic carbocycles. The second-order valence-electron chi connectivity index (χ2n) is 3.57. The number of nitrogens with one attached hydrogen (secondary N) is 1. The van der Waals surface area contributed by atoms with Gasteiger partial charge in [0.1, 0.15) is 5.01 Å². The Morgan fingerprint density at radius 1 is 1.29 bits per heavy atom. The van der Waals surface area contributed by atoms with E-state index in [1.54, 1.807) is 0 Å². The minimum absolute atomic E-state index is 0.0602. The van der Waals surface area contributed by atoms with Crippen molar-refractivity contribution in [2.45, 2.75) is 19.8 Å². The Morgan fingerprint density at radius 2 is 2.06 bits per heavy atom. The molecule has 1 amide bonds. The summed E-state index contributed by atoms with van der Waals surface area (Å²) in [6, 6.07) is 9.62. The third kappa shape index (κ3) is 3.35. The monoisotopic (exact) mass is 247 g/mol. The molecule has 1 aromatic heterocycles. The molecule has 0 radical (unpaired) electrons. The smallest absolute Gasteiger partial charge is 0.230 e. The van der Waals surface area contributed by atoms with E-state index in [4.69, 9.17) is 0 Å². The van der Waals surface area contributed by atoms with Crippen LogP contribution in [-0.2, 0) is 17.6 Å². The van der Waals surface area contributed by atoms with Gasteiger partial charge in [0, 0.05) is 0 Å². The van der Waals surface area contributed by atoms with Gasteiger partial charge in [0.05, 0.1) is 6.42 Å². The Labute approximate surface area is 104 Å². The van der Waals surface area contributed by atoms with Crippen LogP contribution in [0.3, 0.4) is 0 Å². The quantitative estimate of drug-likeness (QED) is 0.901. The molecule has 17 heavy (non-hydrogen) atoms. The molecular formula is C12H13N3OS. The van der Waals surface area contributed by atoms with Crippen molar-refractivity contribution < 1.29 is 4.79 Å². The molecule has 88 valence electrons. The summed E-state index contributed by atoms with van der Waals surface area (Å²) in [5.41, 5.74) is 0.991. The lowest BCUT2D eigenvalue weighted by atomic mass is 10.1. The maximum atomic E-state index is 11.7. The first kappa shape index (κ1) is 11.7. The number of aromatic nitrogens is 2. The van der Waals surface area contributed by atoms with Crippen LogP contribution in [0.15, 0.2) is 30.3 Å². The van der Waals surface area contributed by atoms with Gasteiger partial charge in [-0.25, -0.2) is 0 Å². The number of carbonyl (C=O) groups is 1. The van der Waals surface area contributed by atoms with E-state index < -0.39 is 0 Å². The van der Waals surface area contributed by atoms with Crippen LogP contribution in [0.25, 0.3) is 0 Å². The molecule has 2 rings (SSSR count). The van der Waals surface area contributed by atoms with E-state index in [1.807, 2.05) is 37.3 Å². The van der Waals surface area contributed by atoms with Crippen molar-refractivity contribution in [3.63, 3.8) is 0 Å². The maximum Gasteiger partial charge on any atom is 0.230 e. The molecule has 1 N–H and O–H groups in total. The average molecular weight is 247 g/mol. The van der Waals surface area contributed by atoms with Gasteiger partial charge in [-0.3, -0.25) is 4.79 Å². The number of hydrogen-bond acceptors (Lipinski definition) is 4. The lowest BCUT2D eigenvalue weighted by Gasteiger charge is -2.00. The fourth-order valence-electron chi connectivity index (χ4n) is 1.39. The van der Waals surface area contributed by atoms with Crippen molar-refractivity contribution >= 4 is 22.4 Å². The van der Waals surface area contributed by atoms with Crippen molar-refractivity contribution in [2.75, 3.05) is 5.32 Å². The maximum absolute atomic E-state index is 11.7. The highest BCUT2D eigenvalue weighted by atomic mass is 32.1. The van der Waals surface area contributed by atoms with Crippen molar-refractivity contribution in [3.8, 4) is 0 Å². The van der Waals surface area contributed by atoms with Crippen molar-refractivity contribution in [1.82, 2.24) is 10.2 Å². The van der Waals surface area contributed by atoms with Crippen LogP contribution in [0, 0.1) is 0 Å². The summed E-state index contributed by atoms with van der Waals surface area (Å²) in [6.45, 7) is 2.01. The van der Waals surface area contributed by atoms with Crippen LogP contribution in [0.1, 0.15) is 17.5 Å². The fourth-order valence-corrected chi connectivity index (χ4v) is 2.09. The molecule has 0 atom stereocenters. The normalized spacial score (nSPS) is 10.2. The van der Waals surface area contributed by atoms with Crippen molar-refractivity contribution in [1.29, 1.82) is 0 Å². The van der Waals surface area contributed by atoms with Crippen LogP contribution in [-0.4, -0.2) is 16.1 Å². The first-order valence-corrected chi connectivity index (χ1v) is 6.25. The molecule has 0 spiro atoms. The molecule has 0 bridgehead atoms. The second-order valence-corrected chi connectivity index (χ2v) is 4.63. The van der Waals surface area contributed by atoms with Gasteiger partial charge in [0.15, 0.2) is 0 Å². The first-order valence-electron chi connectivity index (χ1n) is 5.44. The Balaban J connectivity index is 1.93. The van der Waals surface area contributed by atoms with Gasteiger partial charge in [-0.15, -0.1) is 10.2 Å². The Morgan fingerprint density at radius 3 is 2.71 bits per heavy atom. The predicted octanol–water partition coefficient (Wildman–Crippen LogP) is 2.28. The number of hydrogen-bond donors (Lipinski definition) is 1. The Hall–Kier alpha value is -1.75. The van der Waals surface area contributed by atoms with Gasteiger partial charge in [0.25, 0.3) is 0 Å². The zero-order valence-corrected chi connectivity index (χ0v) is 10.3. The average Bonchev–Trinajstić information content (AvgIpc) is 2.78. The summed E-state index contributed by atoms with van der Waals surface area (Å²) >= 11 is 1.42. The molecule has 1 aromatic carbocycles. The zero-order valence-electron chi connectivity index (χ0n) is 9.51. The molecular weight excluding hydrogens is 234 g/mol. The fraction of sp³-hybridized carbons (Fsp3) is 0.250. The van der Waals surface area contributed by atoms with E-state index in [0.29, 0.717) is 11.6 Å². The molecule has 0 saturated carbocycles. The first-order chi connectivity index (χ1) is 8.28. The summed E-state index contributed by atoms with van der Waals surface area (Å²) in [7, 11) is 0. The molecule has 0 fully saturated rings. The second kappa shape index (κ2) is 5.54. The number of aryl methyl sites for hydroxylation is 1. The van der Waals surface area contributed by atoms with Gasteiger partial charge in [-0.2, -0.15) is 0 Å². The number of amides is 1. The highest BCUT2D eigenvalue weighted by Crippen LogP contribution is 2.15. The lowest BCUT2D eigenvalue weighted by Crippen LogP contribution is -2.14. The zero-order chi connectivity index (χ0) is 12.1. The van der Waals surface area contributed by atoms with E-state index in [-0.39, 0.29) is 5.91 Å². The van der Waals surface area contributed by atoms with Crippen molar-refractivity contribution in [3.05, 3.63) is 40.9 Å². The highest BCUT2D eigenvalue weighted by molar-refractivity contribution is 7.15. The minimum Gasteiger partial charge on any atom is -0.300 e. The van der Waals surface area contributed by atoms with Crippen LogP contribution >= 0.6 is 11.3 Å². The summed E-state index contributed by atoms with van der Waals surface area (Å²) < 4.78 is 0. The molecule has 0 saturated heterocycles. The van der Waals surface area contributed by atoms with Gasteiger partial charge < -0.3 is 5.32 Å². The third-order valence-corrected chi connectivity index (χ3v) is 3.21. The molecule has 0 unspecified atom stereocenters. The van der Waals surface area contributed by atoms with Gasteiger partial charge >= 0.3 is 0 Å². The van der Waals surface area contributed by atoms with E-state index >= 15 is 0 Å². The van der Waals surface area contributed by atoms with Gasteiger partial charge in [0.2, 0.25) is 11.0 Å². The number of rotatable bonds is 4. The SMILES string of the molecule is CCc1nnc(NC(=O)Cc2ccccc2)s1. The summed E-state index contributed by atoms with van der Waals surface area (Å²) in [6.07, 6.45) is 1.20. The number of anilines is 1. The van der Waals surface area contributed by atoms with Crippen LogP contribution in [0.5, 0.6) is 0 Å². The molecule has 4 nitrogen and oxygen atoms in total. The standard InChI is InChI=1S/C12H13N3OS/c1-2-11-14-15-12(17-11)13-10(16)8-9-6-4-3-5-7-9/h3-7H,2,8H2,1H3,(H,13,15,16). The van der Waals surface area contributed by atoms with E-state index in [1.165, 1.54) is 11.3 Å². The van der Waals surface area contributed by atoms with Gasteiger partial charge in [-0.05, 0) is 12.0 Å². The van der Waals surface area contributed by atoms with Crippen molar-refractivity contribution in [2.24, 2.45) is 0 Å². The third-order valence-electron chi connectivity index (χ3n) is 2.22. The van der Waals surface area contributed by atoms with Gasteiger partial charge in [-0.1, -0.05) is 48.6 Å². The number of carbonyl (C=O) groups excluding carboxylic acids is 1. The Bertz CT molecular complexity index is 495. The summed E-state index contributed by atoms with van der Waals surface area (Å²) in [5.74, 6) is -0.0602. The van der Waals surface area contributed by atoms with Crippen LogP contribution in [0.4, 0.5) is 5.13 Å². The van der Waals surface area contributed by atoms with Crippen LogP contribution < -0.4 is 5.32 Å². The summed E-state index contributed by atoms with van der Waals surface area (Å²) in [4.78, 5) is 11.7. The highest BCUT2D eigenvalue weighted by Gasteiger charge is 2.07. The largest absolute Gasteiger partial charge is 0.300 e. The molecule has 0 aliphatic rings. The lowest BCUT2D eigenvalue weighted by molar-refractivity contribution is -0.115. The predicted molar refractivity (Wildman–Crippen MR) is 68.1 cm³/mol. The molecule has 1 heterocycles. The van der Waals surface area contributed by atoms with E-state index in [9.17, 15) is 4.79 Å². The molecule has 5 heteroatoms. The van der Waals surface area contributed by atoms with E-state index in [2.05, 4.69) is 15.5 Å². The minimum atomic E-state index is -0.0602. The Kier molecular flexibility index (Phi) is 3.82. The number of nitrogens with zero attached hydrogens (tertiary/aromatic N) is 2. The molecule has 0 aliphatic heterocycles. The molecule has 2 aromatic rings. The topological polar surface area (TPSA) is 54.9 Å². The summed E-state index contributed by atoms with van der Waals surface area (Å²) in [5, 5.41) is 12.1. The van der Waals surface area contributed by atoms with E-state index in [0.717, 1.165) is 17.0 Å².